The van der Waals surface area contributed by atoms with E-state index in [4.69, 9.17) is 0 Å². The Balaban J connectivity index is 1.34. The van der Waals surface area contributed by atoms with Gasteiger partial charge in [0.2, 0.25) is 11.8 Å². The van der Waals surface area contributed by atoms with Crippen LogP contribution < -0.4 is 5.32 Å². The standard InChI is InChI=1S/C20H25N3O2/c1-14-12-15-4-2-3-5-18(15)22(14)11-10-21-20(25)16-6-9-19(24)23(13-16)17-7-8-17/h2-5,12,16-17H,6-11,13H2,1H3,(H,21,25)/t16-/m1/s1. The molecule has 5 nitrogen and oxygen atoms in total. The molecule has 1 saturated carbocycles. The number of carbonyl (C=O) groups excluding carboxylic acids is 2. The van der Waals surface area contributed by atoms with E-state index in [9.17, 15) is 9.59 Å². The van der Waals surface area contributed by atoms with Crippen LogP contribution in [-0.2, 0) is 16.1 Å². The van der Waals surface area contributed by atoms with Crippen molar-refractivity contribution in [3.8, 4) is 0 Å². The van der Waals surface area contributed by atoms with Crippen LogP contribution in [0.15, 0.2) is 30.3 Å². The van der Waals surface area contributed by atoms with Crippen LogP contribution in [0.5, 0.6) is 0 Å². The molecule has 0 bridgehead atoms. The number of aromatic nitrogens is 1. The van der Waals surface area contributed by atoms with Crippen molar-refractivity contribution in [2.24, 2.45) is 5.92 Å². The van der Waals surface area contributed by atoms with Gasteiger partial charge in [-0.1, -0.05) is 18.2 Å². The van der Waals surface area contributed by atoms with Crippen molar-refractivity contribution in [3.05, 3.63) is 36.0 Å². The summed E-state index contributed by atoms with van der Waals surface area (Å²) < 4.78 is 2.25. The van der Waals surface area contributed by atoms with Crippen LogP contribution in [0.3, 0.4) is 0 Å². The minimum atomic E-state index is -0.0548. The molecule has 0 spiro atoms. The average molecular weight is 339 g/mol. The number of carbonyl (C=O) groups is 2. The first-order valence-electron chi connectivity index (χ1n) is 9.25. The van der Waals surface area contributed by atoms with Gasteiger partial charge in [-0.25, -0.2) is 0 Å². The van der Waals surface area contributed by atoms with E-state index in [-0.39, 0.29) is 17.7 Å². The van der Waals surface area contributed by atoms with Crippen molar-refractivity contribution in [2.75, 3.05) is 13.1 Å². The predicted octanol–water partition coefficient (Wildman–Crippen LogP) is 2.47. The minimum Gasteiger partial charge on any atom is -0.354 e. The number of benzene rings is 1. The second kappa shape index (κ2) is 6.54. The third kappa shape index (κ3) is 3.28. The number of fused-ring (bicyclic) bond motifs is 1. The Morgan fingerprint density at radius 2 is 2.04 bits per heavy atom. The maximum Gasteiger partial charge on any atom is 0.224 e. The molecule has 1 aliphatic heterocycles. The molecule has 132 valence electrons. The quantitative estimate of drug-likeness (QED) is 0.910. The van der Waals surface area contributed by atoms with E-state index < -0.39 is 0 Å². The van der Waals surface area contributed by atoms with Crippen molar-refractivity contribution in [3.63, 3.8) is 0 Å². The van der Waals surface area contributed by atoms with Gasteiger partial charge in [-0.15, -0.1) is 0 Å². The Hall–Kier alpha value is -2.30. The van der Waals surface area contributed by atoms with E-state index in [2.05, 4.69) is 35.0 Å². The number of hydrogen-bond acceptors (Lipinski definition) is 2. The zero-order valence-corrected chi connectivity index (χ0v) is 14.7. The number of piperidine rings is 1. The summed E-state index contributed by atoms with van der Waals surface area (Å²) in [6.07, 6.45) is 3.38. The molecule has 1 N–H and O–H groups in total. The number of para-hydroxylation sites is 1. The normalized spacial score (nSPS) is 20.9. The first-order valence-corrected chi connectivity index (χ1v) is 9.25. The number of hydrogen-bond donors (Lipinski definition) is 1. The van der Waals surface area contributed by atoms with Crippen LogP contribution >= 0.6 is 0 Å². The number of likely N-dealkylation sites (tertiary alicyclic amines) is 1. The van der Waals surface area contributed by atoms with Gasteiger partial charge in [0.25, 0.3) is 0 Å². The fourth-order valence-electron chi connectivity index (χ4n) is 3.91. The first kappa shape index (κ1) is 16.2. The lowest BCUT2D eigenvalue weighted by atomic mass is 9.96. The van der Waals surface area contributed by atoms with Crippen molar-refractivity contribution in [1.29, 1.82) is 0 Å². The summed E-state index contributed by atoms with van der Waals surface area (Å²) in [5, 5.41) is 4.31. The molecule has 4 rings (SSSR count). The summed E-state index contributed by atoms with van der Waals surface area (Å²) in [6, 6.07) is 10.9. The lowest BCUT2D eigenvalue weighted by Gasteiger charge is -2.32. The van der Waals surface area contributed by atoms with Gasteiger partial charge in [-0.2, -0.15) is 0 Å². The molecule has 1 aliphatic carbocycles. The maximum absolute atomic E-state index is 12.5. The number of rotatable bonds is 5. The van der Waals surface area contributed by atoms with Crippen molar-refractivity contribution in [2.45, 2.75) is 45.2 Å². The molecule has 1 aromatic carbocycles. The van der Waals surface area contributed by atoms with Crippen LogP contribution in [0, 0.1) is 12.8 Å². The third-order valence-corrected chi connectivity index (χ3v) is 5.45. The van der Waals surface area contributed by atoms with Crippen LogP contribution in [-0.4, -0.2) is 40.4 Å². The lowest BCUT2D eigenvalue weighted by molar-refractivity contribution is -0.138. The predicted molar refractivity (Wildman–Crippen MR) is 97.1 cm³/mol. The molecule has 1 atom stereocenters. The Labute approximate surface area is 148 Å². The SMILES string of the molecule is Cc1cc2ccccc2n1CCNC(=O)[C@@H]1CCC(=O)N(C2CC2)C1. The van der Waals surface area contributed by atoms with E-state index in [1.54, 1.807) is 0 Å². The summed E-state index contributed by atoms with van der Waals surface area (Å²) in [6.45, 7) is 4.08. The molecular formula is C20H25N3O2. The van der Waals surface area contributed by atoms with Gasteiger partial charge in [0.1, 0.15) is 0 Å². The highest BCUT2D eigenvalue weighted by Gasteiger charge is 2.38. The van der Waals surface area contributed by atoms with Gasteiger partial charge in [0.15, 0.2) is 0 Å². The minimum absolute atomic E-state index is 0.0548. The van der Waals surface area contributed by atoms with Crippen LogP contribution in [0.25, 0.3) is 10.9 Å². The zero-order chi connectivity index (χ0) is 17.4. The Bertz CT molecular complexity index is 806. The van der Waals surface area contributed by atoms with E-state index in [1.165, 1.54) is 16.6 Å². The highest BCUT2D eigenvalue weighted by molar-refractivity contribution is 5.84. The topological polar surface area (TPSA) is 54.3 Å². The summed E-state index contributed by atoms with van der Waals surface area (Å²) in [5.74, 6) is 0.258. The molecule has 0 radical (unpaired) electrons. The van der Waals surface area contributed by atoms with Crippen LogP contribution in [0.4, 0.5) is 0 Å². The molecular weight excluding hydrogens is 314 g/mol. The highest BCUT2D eigenvalue weighted by Crippen LogP contribution is 2.31. The summed E-state index contributed by atoms with van der Waals surface area (Å²) in [4.78, 5) is 26.4. The zero-order valence-electron chi connectivity index (χ0n) is 14.7. The highest BCUT2D eigenvalue weighted by atomic mass is 16.2. The van der Waals surface area contributed by atoms with E-state index in [0.717, 1.165) is 19.4 Å². The van der Waals surface area contributed by atoms with Gasteiger partial charge in [-0.05, 0) is 43.7 Å². The van der Waals surface area contributed by atoms with Crippen molar-refractivity contribution in [1.82, 2.24) is 14.8 Å². The fourth-order valence-corrected chi connectivity index (χ4v) is 3.91. The Morgan fingerprint density at radius 3 is 2.84 bits per heavy atom. The monoisotopic (exact) mass is 339 g/mol. The second-order valence-corrected chi connectivity index (χ2v) is 7.30. The number of nitrogens with zero attached hydrogens (tertiary/aromatic N) is 2. The van der Waals surface area contributed by atoms with Crippen molar-refractivity contribution < 1.29 is 9.59 Å². The molecule has 2 aromatic rings. The molecule has 1 saturated heterocycles. The number of amides is 2. The summed E-state index contributed by atoms with van der Waals surface area (Å²) in [5.41, 5.74) is 2.41. The number of aryl methyl sites for hydroxylation is 1. The number of nitrogens with one attached hydrogen (secondary N) is 1. The summed E-state index contributed by atoms with van der Waals surface area (Å²) >= 11 is 0. The van der Waals surface area contributed by atoms with Crippen LogP contribution in [0.2, 0.25) is 0 Å². The third-order valence-electron chi connectivity index (χ3n) is 5.45. The first-order chi connectivity index (χ1) is 12.1. The maximum atomic E-state index is 12.5. The van der Waals surface area contributed by atoms with Gasteiger partial charge in [0.05, 0.1) is 5.92 Å². The van der Waals surface area contributed by atoms with Gasteiger partial charge < -0.3 is 14.8 Å². The molecule has 1 aromatic heterocycles. The molecule has 25 heavy (non-hydrogen) atoms. The lowest BCUT2D eigenvalue weighted by Crippen LogP contribution is -2.47. The second-order valence-electron chi connectivity index (χ2n) is 7.30. The van der Waals surface area contributed by atoms with Gasteiger partial charge >= 0.3 is 0 Å². The molecule has 2 aliphatic rings. The Kier molecular flexibility index (Phi) is 4.24. The smallest absolute Gasteiger partial charge is 0.224 e. The van der Waals surface area contributed by atoms with E-state index in [0.29, 0.717) is 32.0 Å². The molecule has 2 fully saturated rings. The largest absolute Gasteiger partial charge is 0.354 e. The fraction of sp³-hybridized carbons (Fsp3) is 0.500. The molecule has 5 heteroatoms. The van der Waals surface area contributed by atoms with E-state index >= 15 is 0 Å². The molecule has 2 heterocycles. The molecule has 0 unspecified atom stereocenters. The molecule has 2 amide bonds. The Morgan fingerprint density at radius 1 is 1.24 bits per heavy atom. The van der Waals surface area contributed by atoms with Crippen LogP contribution in [0.1, 0.15) is 31.4 Å². The summed E-state index contributed by atoms with van der Waals surface area (Å²) in [7, 11) is 0. The van der Waals surface area contributed by atoms with Crippen molar-refractivity contribution >= 4 is 22.7 Å². The van der Waals surface area contributed by atoms with E-state index in [1.807, 2.05) is 17.0 Å². The van der Waals surface area contributed by atoms with Gasteiger partial charge in [-0.3, -0.25) is 9.59 Å². The van der Waals surface area contributed by atoms with Gasteiger partial charge in [0, 0.05) is 43.3 Å². The average Bonchev–Trinajstić information content (AvgIpc) is 3.40.